The van der Waals surface area contributed by atoms with Gasteiger partial charge in [-0.25, -0.2) is 0 Å². The maximum Gasteiger partial charge on any atom is 0.0793 e. The summed E-state index contributed by atoms with van der Waals surface area (Å²) >= 11 is 0. The third kappa shape index (κ3) is 4.49. The Morgan fingerprint density at radius 3 is 2.60 bits per heavy atom. The van der Waals surface area contributed by atoms with E-state index in [2.05, 4.69) is 60.8 Å². The Morgan fingerprint density at radius 1 is 1.12 bits per heavy atom. The smallest absolute Gasteiger partial charge is 0.0793 e. The monoisotopic (exact) mass is 339 g/mol. The van der Waals surface area contributed by atoms with Gasteiger partial charge >= 0.3 is 0 Å². The van der Waals surface area contributed by atoms with E-state index in [1.807, 2.05) is 6.07 Å². The zero-order valence-corrected chi connectivity index (χ0v) is 15.0. The van der Waals surface area contributed by atoms with Crippen LogP contribution in [0.2, 0.25) is 0 Å². The van der Waals surface area contributed by atoms with E-state index in [-0.39, 0.29) is 12.0 Å². The summed E-state index contributed by atoms with van der Waals surface area (Å²) in [4.78, 5) is 0. The normalized spacial score (nSPS) is 20.2. The summed E-state index contributed by atoms with van der Waals surface area (Å²) < 4.78 is 6.06. The molecule has 0 aromatic heterocycles. The Labute approximate surface area is 151 Å². The second-order valence-electron chi connectivity index (χ2n) is 6.80. The Balaban J connectivity index is 1.98. The molecular formula is C22H29NO2. The molecule has 1 aliphatic rings. The van der Waals surface area contributed by atoms with E-state index in [0.717, 1.165) is 32.4 Å². The SMILES string of the molecule is CCCCC(O)C(c1ccccc1-c1ccccc1)C1CNCCO1. The van der Waals surface area contributed by atoms with Gasteiger partial charge in [-0.15, -0.1) is 0 Å². The molecule has 2 N–H and O–H groups in total. The van der Waals surface area contributed by atoms with Gasteiger partial charge in [0.1, 0.15) is 0 Å². The molecule has 1 heterocycles. The van der Waals surface area contributed by atoms with Crippen molar-refractivity contribution in [3.8, 4) is 11.1 Å². The molecule has 0 aliphatic carbocycles. The summed E-state index contributed by atoms with van der Waals surface area (Å²) in [6.07, 6.45) is 2.55. The van der Waals surface area contributed by atoms with Gasteiger partial charge in [-0.3, -0.25) is 0 Å². The lowest BCUT2D eigenvalue weighted by Gasteiger charge is -2.35. The number of rotatable bonds is 7. The van der Waals surface area contributed by atoms with Crippen molar-refractivity contribution in [1.29, 1.82) is 0 Å². The van der Waals surface area contributed by atoms with Gasteiger partial charge in [0.25, 0.3) is 0 Å². The highest BCUT2D eigenvalue weighted by atomic mass is 16.5. The highest BCUT2D eigenvalue weighted by molar-refractivity contribution is 5.68. The average molecular weight is 339 g/mol. The van der Waals surface area contributed by atoms with Crippen molar-refractivity contribution in [3.63, 3.8) is 0 Å². The second-order valence-corrected chi connectivity index (χ2v) is 6.80. The first-order valence-electron chi connectivity index (χ1n) is 9.46. The quantitative estimate of drug-likeness (QED) is 0.802. The second kappa shape index (κ2) is 9.14. The first kappa shape index (κ1) is 18.1. The van der Waals surface area contributed by atoms with Gasteiger partial charge in [0.2, 0.25) is 0 Å². The third-order valence-electron chi connectivity index (χ3n) is 5.03. The number of hydrogen-bond acceptors (Lipinski definition) is 3. The van der Waals surface area contributed by atoms with Crippen LogP contribution >= 0.6 is 0 Å². The van der Waals surface area contributed by atoms with Gasteiger partial charge in [0.05, 0.1) is 18.8 Å². The molecule has 3 rings (SSSR count). The van der Waals surface area contributed by atoms with Crippen LogP contribution in [-0.2, 0) is 4.74 Å². The topological polar surface area (TPSA) is 41.5 Å². The van der Waals surface area contributed by atoms with E-state index in [9.17, 15) is 5.11 Å². The predicted molar refractivity (Wildman–Crippen MR) is 103 cm³/mol. The summed E-state index contributed by atoms with van der Waals surface area (Å²) in [5, 5.41) is 14.4. The summed E-state index contributed by atoms with van der Waals surface area (Å²) in [6.45, 7) is 4.54. The highest BCUT2D eigenvalue weighted by Gasteiger charge is 2.33. The van der Waals surface area contributed by atoms with E-state index < -0.39 is 6.10 Å². The molecule has 0 saturated carbocycles. The molecule has 0 spiro atoms. The minimum Gasteiger partial charge on any atom is -0.392 e. The first-order chi connectivity index (χ1) is 12.3. The van der Waals surface area contributed by atoms with Crippen molar-refractivity contribution in [2.24, 2.45) is 0 Å². The first-order valence-corrected chi connectivity index (χ1v) is 9.46. The van der Waals surface area contributed by atoms with Crippen molar-refractivity contribution < 1.29 is 9.84 Å². The largest absolute Gasteiger partial charge is 0.392 e. The van der Waals surface area contributed by atoms with Crippen molar-refractivity contribution in [2.45, 2.75) is 44.3 Å². The van der Waals surface area contributed by atoms with E-state index in [1.54, 1.807) is 0 Å². The molecular weight excluding hydrogens is 310 g/mol. The van der Waals surface area contributed by atoms with Gasteiger partial charge in [-0.1, -0.05) is 74.4 Å². The van der Waals surface area contributed by atoms with Crippen LogP contribution in [0.5, 0.6) is 0 Å². The Morgan fingerprint density at radius 2 is 1.88 bits per heavy atom. The summed E-state index contributed by atoms with van der Waals surface area (Å²) in [5.41, 5.74) is 3.57. The number of ether oxygens (including phenoxy) is 1. The predicted octanol–water partition coefficient (Wildman–Crippen LogP) is 3.98. The molecule has 0 bridgehead atoms. The molecule has 25 heavy (non-hydrogen) atoms. The Kier molecular flexibility index (Phi) is 6.62. The van der Waals surface area contributed by atoms with Gasteiger partial charge < -0.3 is 15.2 Å². The van der Waals surface area contributed by atoms with Crippen molar-refractivity contribution in [3.05, 3.63) is 60.2 Å². The van der Waals surface area contributed by atoms with Crippen molar-refractivity contribution in [2.75, 3.05) is 19.7 Å². The van der Waals surface area contributed by atoms with E-state index >= 15 is 0 Å². The van der Waals surface area contributed by atoms with Crippen LogP contribution in [0.3, 0.4) is 0 Å². The molecule has 2 aromatic carbocycles. The number of benzene rings is 2. The minimum absolute atomic E-state index is 0.00506. The molecule has 3 nitrogen and oxygen atoms in total. The molecule has 0 radical (unpaired) electrons. The van der Waals surface area contributed by atoms with Gasteiger partial charge in [0, 0.05) is 19.0 Å². The number of morpholine rings is 1. The summed E-state index contributed by atoms with van der Waals surface area (Å²) in [6, 6.07) is 18.9. The molecule has 3 unspecified atom stereocenters. The lowest BCUT2D eigenvalue weighted by Crippen LogP contribution is -2.45. The van der Waals surface area contributed by atoms with Crippen LogP contribution < -0.4 is 5.32 Å². The van der Waals surface area contributed by atoms with Crippen LogP contribution in [0.4, 0.5) is 0 Å². The van der Waals surface area contributed by atoms with Crippen LogP contribution in [0, 0.1) is 0 Å². The van der Waals surface area contributed by atoms with Crippen molar-refractivity contribution >= 4 is 0 Å². The molecule has 3 atom stereocenters. The minimum atomic E-state index is -0.394. The fourth-order valence-electron chi connectivity index (χ4n) is 3.73. The zero-order valence-electron chi connectivity index (χ0n) is 15.0. The van der Waals surface area contributed by atoms with Crippen LogP contribution in [-0.4, -0.2) is 37.0 Å². The van der Waals surface area contributed by atoms with Crippen LogP contribution in [0.25, 0.3) is 11.1 Å². The number of aliphatic hydroxyl groups is 1. The lowest BCUT2D eigenvalue weighted by atomic mass is 9.81. The van der Waals surface area contributed by atoms with Gasteiger partial charge in [0.15, 0.2) is 0 Å². The number of unbranched alkanes of at least 4 members (excludes halogenated alkanes) is 1. The standard InChI is InChI=1S/C22H29NO2/c1-2-3-13-20(24)22(21-16-23-14-15-25-21)19-12-8-7-11-18(19)17-9-5-4-6-10-17/h4-12,20-24H,2-3,13-16H2,1H3. The fourth-order valence-corrected chi connectivity index (χ4v) is 3.73. The number of aliphatic hydroxyl groups excluding tert-OH is 1. The summed E-state index contributed by atoms with van der Waals surface area (Å²) in [5.74, 6) is -0.0178. The zero-order chi connectivity index (χ0) is 17.5. The van der Waals surface area contributed by atoms with E-state index in [1.165, 1.54) is 16.7 Å². The Hall–Kier alpha value is -1.68. The molecule has 1 aliphatic heterocycles. The van der Waals surface area contributed by atoms with E-state index in [0.29, 0.717) is 6.61 Å². The molecule has 1 fully saturated rings. The van der Waals surface area contributed by atoms with Crippen molar-refractivity contribution in [1.82, 2.24) is 5.32 Å². The Bertz CT molecular complexity index is 637. The molecule has 0 amide bonds. The fraction of sp³-hybridized carbons (Fsp3) is 0.455. The number of nitrogens with one attached hydrogen (secondary N) is 1. The third-order valence-corrected chi connectivity index (χ3v) is 5.03. The van der Waals surface area contributed by atoms with Gasteiger partial charge in [-0.05, 0) is 23.1 Å². The van der Waals surface area contributed by atoms with Crippen LogP contribution in [0.1, 0.15) is 37.7 Å². The van der Waals surface area contributed by atoms with Crippen LogP contribution in [0.15, 0.2) is 54.6 Å². The number of hydrogen-bond donors (Lipinski definition) is 2. The summed E-state index contributed by atoms with van der Waals surface area (Å²) in [7, 11) is 0. The average Bonchev–Trinajstić information content (AvgIpc) is 2.68. The molecule has 2 aromatic rings. The molecule has 134 valence electrons. The molecule has 1 saturated heterocycles. The maximum atomic E-state index is 11.0. The lowest BCUT2D eigenvalue weighted by molar-refractivity contribution is -0.0250. The molecule has 3 heteroatoms. The van der Waals surface area contributed by atoms with E-state index in [4.69, 9.17) is 4.74 Å². The highest BCUT2D eigenvalue weighted by Crippen LogP contribution is 2.36. The van der Waals surface area contributed by atoms with Gasteiger partial charge in [-0.2, -0.15) is 0 Å². The maximum absolute atomic E-state index is 11.0.